The molecule has 1 amide bonds. The molecule has 0 radical (unpaired) electrons. The van der Waals surface area contributed by atoms with Gasteiger partial charge in [0.1, 0.15) is 17.1 Å². The lowest BCUT2D eigenvalue weighted by atomic mass is 10.1. The van der Waals surface area contributed by atoms with Crippen molar-refractivity contribution in [3.8, 4) is 11.3 Å². The van der Waals surface area contributed by atoms with Crippen molar-refractivity contribution in [1.29, 1.82) is 0 Å². The summed E-state index contributed by atoms with van der Waals surface area (Å²) in [5.41, 5.74) is 11.9. The van der Waals surface area contributed by atoms with Gasteiger partial charge in [-0.3, -0.25) is 14.9 Å². The Bertz CT molecular complexity index is 721. The summed E-state index contributed by atoms with van der Waals surface area (Å²) in [5.74, 6) is -0.570. The molecule has 0 bridgehead atoms. The second-order valence-corrected chi connectivity index (χ2v) is 4.82. The molecule has 0 unspecified atom stereocenters. The van der Waals surface area contributed by atoms with Crippen molar-refractivity contribution in [2.75, 3.05) is 5.73 Å². The molecule has 110 valence electrons. The molecule has 0 spiro atoms. The largest absolute Gasteiger partial charge is 0.383 e. The van der Waals surface area contributed by atoms with Gasteiger partial charge < -0.3 is 11.5 Å². The molecule has 21 heavy (non-hydrogen) atoms. The van der Waals surface area contributed by atoms with Crippen LogP contribution in [-0.4, -0.2) is 20.6 Å². The molecule has 8 nitrogen and oxygen atoms in total. The number of nitro benzene ring substituents is 1. The average Bonchev–Trinajstić information content (AvgIpc) is 2.76. The molecule has 2 rings (SSSR count). The molecule has 1 heterocycles. The van der Waals surface area contributed by atoms with Gasteiger partial charge in [0.2, 0.25) is 0 Å². The Morgan fingerprint density at radius 2 is 2.10 bits per heavy atom. The first-order chi connectivity index (χ1) is 9.82. The first kappa shape index (κ1) is 14.5. The topological polar surface area (TPSA) is 130 Å². The second kappa shape index (κ2) is 5.23. The minimum atomic E-state index is -0.721. The molecule has 0 saturated carbocycles. The maximum Gasteiger partial charge on any atom is 0.270 e. The minimum Gasteiger partial charge on any atom is -0.383 e. The molecule has 0 atom stereocenters. The maximum absolute atomic E-state index is 11.6. The fourth-order valence-electron chi connectivity index (χ4n) is 2.05. The molecule has 4 N–H and O–H groups in total. The molecule has 0 aliphatic heterocycles. The van der Waals surface area contributed by atoms with Crippen LogP contribution in [0.5, 0.6) is 0 Å². The molecule has 0 saturated heterocycles. The lowest BCUT2D eigenvalue weighted by molar-refractivity contribution is -0.384. The van der Waals surface area contributed by atoms with Gasteiger partial charge in [0.15, 0.2) is 0 Å². The van der Waals surface area contributed by atoms with E-state index < -0.39 is 10.8 Å². The molecule has 0 fully saturated rings. The first-order valence-corrected chi connectivity index (χ1v) is 6.25. The Labute approximate surface area is 120 Å². The number of amides is 1. The van der Waals surface area contributed by atoms with E-state index in [2.05, 4.69) is 5.10 Å². The highest BCUT2D eigenvalue weighted by Gasteiger charge is 2.23. The van der Waals surface area contributed by atoms with Gasteiger partial charge in [0, 0.05) is 23.7 Å². The van der Waals surface area contributed by atoms with Crippen LogP contribution in [0.3, 0.4) is 0 Å². The lowest BCUT2D eigenvalue weighted by Gasteiger charge is -2.06. The number of anilines is 1. The molecule has 1 aromatic carbocycles. The van der Waals surface area contributed by atoms with E-state index in [1.807, 2.05) is 13.8 Å². The van der Waals surface area contributed by atoms with Crippen LogP contribution in [0.25, 0.3) is 11.3 Å². The third-order valence-electron chi connectivity index (χ3n) is 3.01. The monoisotopic (exact) mass is 289 g/mol. The van der Waals surface area contributed by atoms with Gasteiger partial charge in [-0.05, 0) is 13.8 Å². The van der Waals surface area contributed by atoms with Crippen LogP contribution in [0, 0.1) is 10.1 Å². The Kier molecular flexibility index (Phi) is 3.62. The van der Waals surface area contributed by atoms with E-state index in [-0.39, 0.29) is 28.8 Å². The first-order valence-electron chi connectivity index (χ1n) is 6.25. The van der Waals surface area contributed by atoms with Gasteiger partial charge in [-0.1, -0.05) is 12.1 Å². The van der Waals surface area contributed by atoms with E-state index in [1.54, 1.807) is 6.07 Å². The zero-order chi connectivity index (χ0) is 15.7. The van der Waals surface area contributed by atoms with E-state index in [9.17, 15) is 14.9 Å². The van der Waals surface area contributed by atoms with E-state index in [0.29, 0.717) is 5.56 Å². The SMILES string of the molecule is CC(C)n1nc(-c2cccc([N+](=O)[O-])c2)c(C(N)=O)c1N. The van der Waals surface area contributed by atoms with Gasteiger partial charge in [-0.15, -0.1) is 0 Å². The molecule has 2 aromatic rings. The minimum absolute atomic E-state index is 0.0733. The number of hydrogen-bond donors (Lipinski definition) is 2. The summed E-state index contributed by atoms with van der Waals surface area (Å²) in [6.45, 7) is 3.71. The number of hydrogen-bond acceptors (Lipinski definition) is 5. The zero-order valence-corrected chi connectivity index (χ0v) is 11.6. The van der Waals surface area contributed by atoms with Crippen LogP contribution in [0.15, 0.2) is 24.3 Å². The van der Waals surface area contributed by atoms with Crippen molar-refractivity contribution in [3.05, 3.63) is 39.9 Å². The van der Waals surface area contributed by atoms with Crippen LogP contribution in [0.2, 0.25) is 0 Å². The Hall–Kier alpha value is -2.90. The van der Waals surface area contributed by atoms with Gasteiger partial charge in [0.25, 0.3) is 11.6 Å². The summed E-state index contributed by atoms with van der Waals surface area (Å²) in [5, 5.41) is 15.1. The summed E-state index contributed by atoms with van der Waals surface area (Å²) in [4.78, 5) is 22.0. The molecular weight excluding hydrogens is 274 g/mol. The predicted molar refractivity (Wildman–Crippen MR) is 77.6 cm³/mol. The van der Waals surface area contributed by atoms with E-state index in [1.165, 1.54) is 22.9 Å². The van der Waals surface area contributed by atoms with Gasteiger partial charge in [-0.2, -0.15) is 5.10 Å². The van der Waals surface area contributed by atoms with Crippen LogP contribution >= 0.6 is 0 Å². The van der Waals surface area contributed by atoms with Crippen molar-refractivity contribution in [3.63, 3.8) is 0 Å². The number of nitro groups is 1. The van der Waals surface area contributed by atoms with E-state index in [4.69, 9.17) is 11.5 Å². The summed E-state index contributed by atoms with van der Waals surface area (Å²) in [6.07, 6.45) is 0. The normalized spacial score (nSPS) is 10.8. The van der Waals surface area contributed by atoms with E-state index >= 15 is 0 Å². The highest BCUT2D eigenvalue weighted by atomic mass is 16.6. The molecule has 0 aliphatic rings. The van der Waals surface area contributed by atoms with Crippen LogP contribution < -0.4 is 11.5 Å². The number of nitrogens with zero attached hydrogens (tertiary/aromatic N) is 3. The fourth-order valence-corrected chi connectivity index (χ4v) is 2.05. The van der Waals surface area contributed by atoms with Gasteiger partial charge in [0.05, 0.1) is 4.92 Å². The van der Waals surface area contributed by atoms with Crippen LogP contribution in [-0.2, 0) is 0 Å². The molecule has 8 heteroatoms. The fraction of sp³-hybridized carbons (Fsp3) is 0.231. The number of carbonyl (C=O) groups excluding carboxylic acids is 1. The third-order valence-corrected chi connectivity index (χ3v) is 3.01. The summed E-state index contributed by atoms with van der Waals surface area (Å²) in [7, 11) is 0. The zero-order valence-electron chi connectivity index (χ0n) is 11.6. The average molecular weight is 289 g/mol. The number of carbonyl (C=O) groups is 1. The number of rotatable bonds is 4. The third kappa shape index (κ3) is 2.55. The number of nitrogens with two attached hydrogens (primary N) is 2. The standard InChI is InChI=1S/C13H15N5O3/c1-7(2)17-12(14)10(13(15)19)11(16-17)8-4-3-5-9(6-8)18(20)21/h3-7H,14H2,1-2H3,(H2,15,19). The van der Waals surface area contributed by atoms with Crippen molar-refractivity contribution >= 4 is 17.4 Å². The summed E-state index contributed by atoms with van der Waals surface area (Å²) in [6, 6.07) is 5.75. The number of primary amides is 1. The highest BCUT2D eigenvalue weighted by molar-refractivity contribution is 6.03. The van der Waals surface area contributed by atoms with Crippen LogP contribution in [0.1, 0.15) is 30.2 Å². The van der Waals surface area contributed by atoms with Crippen LogP contribution in [0.4, 0.5) is 11.5 Å². The summed E-state index contributed by atoms with van der Waals surface area (Å²) >= 11 is 0. The Morgan fingerprint density at radius 3 is 2.62 bits per heavy atom. The number of non-ortho nitro benzene ring substituents is 1. The van der Waals surface area contributed by atoms with Crippen molar-refractivity contribution < 1.29 is 9.72 Å². The Morgan fingerprint density at radius 1 is 1.43 bits per heavy atom. The molecular formula is C13H15N5O3. The molecule has 0 aliphatic carbocycles. The second-order valence-electron chi connectivity index (χ2n) is 4.82. The number of nitrogen functional groups attached to an aromatic ring is 1. The number of aromatic nitrogens is 2. The Balaban J connectivity index is 2.68. The maximum atomic E-state index is 11.6. The summed E-state index contributed by atoms with van der Waals surface area (Å²) < 4.78 is 1.47. The quantitative estimate of drug-likeness (QED) is 0.653. The van der Waals surface area contributed by atoms with Crippen molar-refractivity contribution in [1.82, 2.24) is 9.78 Å². The predicted octanol–water partition coefficient (Wildman–Crippen LogP) is 1.72. The van der Waals surface area contributed by atoms with Crippen molar-refractivity contribution in [2.45, 2.75) is 19.9 Å². The highest BCUT2D eigenvalue weighted by Crippen LogP contribution is 2.30. The van der Waals surface area contributed by atoms with E-state index in [0.717, 1.165) is 0 Å². The lowest BCUT2D eigenvalue weighted by Crippen LogP contribution is -2.15. The van der Waals surface area contributed by atoms with Gasteiger partial charge in [-0.25, -0.2) is 4.68 Å². The molecule has 1 aromatic heterocycles. The smallest absolute Gasteiger partial charge is 0.270 e. The van der Waals surface area contributed by atoms with Gasteiger partial charge >= 0.3 is 0 Å². The van der Waals surface area contributed by atoms with Crippen molar-refractivity contribution in [2.24, 2.45) is 5.73 Å². The number of benzene rings is 1.